The lowest BCUT2D eigenvalue weighted by atomic mass is 10.0. The Morgan fingerprint density at radius 1 is 1.10 bits per heavy atom. The summed E-state index contributed by atoms with van der Waals surface area (Å²) in [5.41, 5.74) is -5.60. The van der Waals surface area contributed by atoms with Gasteiger partial charge in [0.05, 0.1) is 0 Å². The first kappa shape index (κ1) is 18.6. The van der Waals surface area contributed by atoms with Crippen LogP contribution in [0.3, 0.4) is 0 Å². The van der Waals surface area contributed by atoms with E-state index < -0.39 is 48.5 Å². The number of rotatable bonds is 6. The molecule has 1 aliphatic carbocycles. The predicted octanol–water partition coefficient (Wildman–Crippen LogP) is -0.102. The summed E-state index contributed by atoms with van der Waals surface area (Å²) in [5, 5.41) is 10.7. The molecule has 0 spiro atoms. The van der Waals surface area contributed by atoms with E-state index in [0.717, 1.165) is 6.42 Å². The molecular formula is C9H16F3NO6S2. The zero-order valence-corrected chi connectivity index (χ0v) is 12.6. The van der Waals surface area contributed by atoms with E-state index in [1.54, 1.807) is 0 Å². The third kappa shape index (κ3) is 4.77. The van der Waals surface area contributed by atoms with Crippen molar-refractivity contribution in [1.82, 2.24) is 0 Å². The Balaban J connectivity index is 2.55. The molecule has 7 nitrogen and oxygen atoms in total. The minimum Gasteiger partial charge on any atom is -0.618 e. The van der Waals surface area contributed by atoms with Crippen LogP contribution in [-0.2, 0) is 24.3 Å². The minimum atomic E-state index is -5.81. The maximum absolute atomic E-state index is 12.0. The number of sulfonamides is 1. The van der Waals surface area contributed by atoms with E-state index in [2.05, 4.69) is 4.18 Å². The first-order valence-electron chi connectivity index (χ1n) is 6.21. The van der Waals surface area contributed by atoms with Gasteiger partial charge in [-0.1, -0.05) is 19.3 Å². The smallest absolute Gasteiger partial charge is 0.523 e. The maximum Gasteiger partial charge on any atom is 0.523 e. The number of hydroxylamine groups is 1. The van der Waals surface area contributed by atoms with Gasteiger partial charge in [-0.2, -0.15) is 30.0 Å². The summed E-state index contributed by atoms with van der Waals surface area (Å²) in [4.78, 5) is 0. The molecule has 12 heteroatoms. The zero-order chi connectivity index (χ0) is 16.3. The summed E-state index contributed by atoms with van der Waals surface area (Å²) >= 11 is 0. The number of halogens is 3. The molecule has 1 rings (SSSR count). The van der Waals surface area contributed by atoms with Gasteiger partial charge in [0.1, 0.15) is 18.4 Å². The van der Waals surface area contributed by atoms with Crippen LogP contribution in [0.1, 0.15) is 32.1 Å². The molecule has 0 aromatic rings. The Kier molecular flexibility index (Phi) is 6.00. The van der Waals surface area contributed by atoms with Crippen molar-refractivity contribution in [3.63, 3.8) is 0 Å². The Labute approximate surface area is 120 Å². The first-order valence-corrected chi connectivity index (χ1v) is 9.16. The quantitative estimate of drug-likeness (QED) is 0.405. The Morgan fingerprint density at radius 3 is 2.10 bits per heavy atom. The van der Waals surface area contributed by atoms with E-state index in [0.29, 0.717) is 25.7 Å². The SMILES string of the molecule is O=S(=O)(C1CCCCC1)[NH+]([O-])CCOS(=O)(=O)C(F)(F)F. The molecule has 0 aromatic heterocycles. The highest BCUT2D eigenvalue weighted by Gasteiger charge is 2.47. The second-order valence-corrected chi connectivity index (χ2v) is 8.47. The number of hydrogen-bond donors (Lipinski definition) is 1. The molecule has 0 amide bonds. The van der Waals surface area contributed by atoms with E-state index in [-0.39, 0.29) is 0 Å². The second kappa shape index (κ2) is 6.77. The molecule has 1 fully saturated rings. The average Bonchev–Trinajstić information content (AvgIpc) is 2.38. The highest BCUT2D eigenvalue weighted by atomic mass is 32.2. The van der Waals surface area contributed by atoms with Crippen LogP contribution < -0.4 is 4.47 Å². The Morgan fingerprint density at radius 2 is 1.62 bits per heavy atom. The molecule has 0 heterocycles. The van der Waals surface area contributed by atoms with E-state index in [1.807, 2.05) is 0 Å². The average molecular weight is 355 g/mol. The molecule has 1 N–H and O–H groups in total. The lowest BCUT2D eigenvalue weighted by Crippen LogP contribution is -3.10. The van der Waals surface area contributed by atoms with Gasteiger partial charge < -0.3 is 5.21 Å². The van der Waals surface area contributed by atoms with Gasteiger partial charge in [0.15, 0.2) is 0 Å². The van der Waals surface area contributed by atoms with Crippen LogP contribution in [0.4, 0.5) is 13.2 Å². The van der Waals surface area contributed by atoms with E-state index in [4.69, 9.17) is 0 Å². The number of alkyl halides is 3. The van der Waals surface area contributed by atoms with Gasteiger partial charge in [0, 0.05) is 0 Å². The summed E-state index contributed by atoms with van der Waals surface area (Å²) in [7, 11) is -9.92. The van der Waals surface area contributed by atoms with Crippen LogP contribution in [0.5, 0.6) is 0 Å². The van der Waals surface area contributed by atoms with Gasteiger partial charge in [0.2, 0.25) is 0 Å². The van der Waals surface area contributed by atoms with Crippen molar-refractivity contribution < 1.29 is 38.7 Å². The molecule has 1 unspecified atom stereocenters. The van der Waals surface area contributed by atoms with E-state index in [1.165, 1.54) is 0 Å². The summed E-state index contributed by atoms with van der Waals surface area (Å²) in [5.74, 6) is 0. The van der Waals surface area contributed by atoms with Gasteiger partial charge >= 0.3 is 15.6 Å². The zero-order valence-electron chi connectivity index (χ0n) is 10.9. The molecule has 1 saturated carbocycles. The third-order valence-corrected chi connectivity index (χ3v) is 6.37. The topological polar surface area (TPSA) is 105 Å². The number of quaternary nitrogens is 1. The monoisotopic (exact) mass is 355 g/mol. The minimum absolute atomic E-state index is 0.329. The highest BCUT2D eigenvalue weighted by Crippen LogP contribution is 2.24. The molecule has 126 valence electrons. The van der Waals surface area contributed by atoms with Crippen LogP contribution in [0.25, 0.3) is 0 Å². The normalized spacial score (nSPS) is 20.4. The summed E-state index contributed by atoms with van der Waals surface area (Å²) < 4.78 is 83.1. The van der Waals surface area contributed by atoms with Crippen LogP contribution >= 0.6 is 0 Å². The second-order valence-electron chi connectivity index (χ2n) is 4.65. The molecular weight excluding hydrogens is 339 g/mol. The largest absolute Gasteiger partial charge is 0.618 e. The van der Waals surface area contributed by atoms with Crippen LogP contribution in [0.15, 0.2) is 0 Å². The fraction of sp³-hybridized carbons (Fsp3) is 1.00. The third-order valence-electron chi connectivity index (χ3n) is 3.14. The van der Waals surface area contributed by atoms with Crippen molar-refractivity contribution in [3.05, 3.63) is 5.21 Å². The van der Waals surface area contributed by atoms with Crippen molar-refractivity contribution in [1.29, 1.82) is 0 Å². The highest BCUT2D eigenvalue weighted by molar-refractivity contribution is 7.87. The fourth-order valence-corrected chi connectivity index (χ4v) is 4.14. The molecule has 0 aliphatic heterocycles. The van der Waals surface area contributed by atoms with Crippen molar-refractivity contribution in [2.75, 3.05) is 13.2 Å². The molecule has 1 aliphatic rings. The molecule has 0 radical (unpaired) electrons. The Hall–Kier alpha value is -0.430. The standard InChI is InChI=1S/C9H16F3NO6S2/c10-9(11,12)21(17,18)19-7-6-13(14)20(15,16)8-4-2-1-3-5-8/h8,13H,1-7H2. The van der Waals surface area contributed by atoms with E-state index >= 15 is 0 Å². The van der Waals surface area contributed by atoms with Crippen molar-refractivity contribution in [3.8, 4) is 0 Å². The Bertz CT molecular complexity index is 538. The lowest BCUT2D eigenvalue weighted by molar-refractivity contribution is -0.708. The summed E-state index contributed by atoms with van der Waals surface area (Å²) in [6.45, 7) is -2.07. The molecule has 0 saturated heterocycles. The van der Waals surface area contributed by atoms with Crippen molar-refractivity contribution >= 4 is 20.1 Å². The fourth-order valence-electron chi connectivity index (χ4n) is 2.01. The summed E-state index contributed by atoms with van der Waals surface area (Å²) in [6.07, 6.45) is 2.85. The first-order chi connectivity index (χ1) is 9.48. The maximum atomic E-state index is 12.0. The summed E-state index contributed by atoms with van der Waals surface area (Å²) in [6, 6.07) is 0. The molecule has 1 atom stereocenters. The lowest BCUT2D eigenvalue weighted by Gasteiger charge is -2.28. The molecule has 21 heavy (non-hydrogen) atoms. The van der Waals surface area contributed by atoms with Gasteiger partial charge in [-0.15, -0.1) is 0 Å². The van der Waals surface area contributed by atoms with Crippen LogP contribution in [0, 0.1) is 5.21 Å². The van der Waals surface area contributed by atoms with Gasteiger partial charge in [-0.05, 0) is 12.8 Å². The van der Waals surface area contributed by atoms with Crippen molar-refractivity contribution in [2.24, 2.45) is 0 Å². The van der Waals surface area contributed by atoms with Crippen LogP contribution in [0.2, 0.25) is 0 Å². The van der Waals surface area contributed by atoms with Crippen molar-refractivity contribution in [2.45, 2.75) is 42.9 Å². The van der Waals surface area contributed by atoms with Gasteiger partial charge in [0.25, 0.3) is 10.0 Å². The number of hydrogen-bond acceptors (Lipinski definition) is 6. The molecule has 0 aromatic carbocycles. The van der Waals surface area contributed by atoms with Crippen LogP contribution in [-0.4, -0.2) is 40.7 Å². The predicted molar refractivity (Wildman–Crippen MR) is 65.9 cm³/mol. The van der Waals surface area contributed by atoms with Gasteiger partial charge in [-0.25, -0.2) is 0 Å². The van der Waals surface area contributed by atoms with Gasteiger partial charge in [-0.3, -0.25) is 8.65 Å². The van der Waals surface area contributed by atoms with E-state index in [9.17, 15) is 35.2 Å². The molecule has 0 bridgehead atoms. The number of nitrogens with one attached hydrogen (secondary N) is 1.